The summed E-state index contributed by atoms with van der Waals surface area (Å²) in [4.78, 5) is 18.9. The molecule has 0 saturated carbocycles. The standard InChI is InChI=1S/C11H17N3O2/c1-6(2)9-10-7(12-5-13-10)4-8(14-9)11(15)16-3/h5-6,8-9,14H,4H2,1-3H3,(H,12,13)/t8-,9?/m1/s1. The van der Waals surface area contributed by atoms with Crippen LogP contribution >= 0.6 is 0 Å². The molecule has 0 aliphatic carbocycles. The number of hydrogen-bond acceptors (Lipinski definition) is 4. The van der Waals surface area contributed by atoms with E-state index in [4.69, 9.17) is 4.74 Å². The fourth-order valence-electron chi connectivity index (χ4n) is 2.12. The van der Waals surface area contributed by atoms with Gasteiger partial charge in [-0.15, -0.1) is 0 Å². The lowest BCUT2D eigenvalue weighted by Gasteiger charge is -2.31. The van der Waals surface area contributed by atoms with E-state index in [-0.39, 0.29) is 18.1 Å². The van der Waals surface area contributed by atoms with Crippen molar-refractivity contribution in [2.75, 3.05) is 7.11 Å². The number of hydrogen-bond donors (Lipinski definition) is 2. The van der Waals surface area contributed by atoms with Crippen molar-refractivity contribution in [3.05, 3.63) is 17.7 Å². The lowest BCUT2D eigenvalue weighted by Crippen LogP contribution is -2.46. The monoisotopic (exact) mass is 223 g/mol. The SMILES string of the molecule is COC(=O)[C@H]1Cc2[nH]cnc2C(C(C)C)N1. The molecule has 5 heteroatoms. The van der Waals surface area contributed by atoms with Crippen LogP contribution in [-0.4, -0.2) is 29.1 Å². The number of nitrogens with one attached hydrogen (secondary N) is 2. The van der Waals surface area contributed by atoms with Gasteiger partial charge in [0.05, 0.1) is 25.2 Å². The maximum atomic E-state index is 11.5. The van der Waals surface area contributed by atoms with Crippen LogP contribution < -0.4 is 5.32 Å². The zero-order valence-corrected chi connectivity index (χ0v) is 9.78. The summed E-state index contributed by atoms with van der Waals surface area (Å²) in [5, 5.41) is 3.29. The maximum absolute atomic E-state index is 11.5. The van der Waals surface area contributed by atoms with Gasteiger partial charge in [-0.05, 0) is 5.92 Å². The van der Waals surface area contributed by atoms with E-state index in [2.05, 4.69) is 29.1 Å². The van der Waals surface area contributed by atoms with Crippen LogP contribution in [0, 0.1) is 5.92 Å². The van der Waals surface area contributed by atoms with Gasteiger partial charge in [-0.25, -0.2) is 4.98 Å². The zero-order valence-electron chi connectivity index (χ0n) is 9.78. The van der Waals surface area contributed by atoms with E-state index in [9.17, 15) is 4.79 Å². The van der Waals surface area contributed by atoms with Gasteiger partial charge in [-0.3, -0.25) is 10.1 Å². The van der Waals surface area contributed by atoms with Gasteiger partial charge in [0.2, 0.25) is 0 Å². The molecule has 88 valence electrons. The summed E-state index contributed by atoms with van der Waals surface area (Å²) in [5.41, 5.74) is 2.06. The third kappa shape index (κ3) is 1.82. The smallest absolute Gasteiger partial charge is 0.323 e. The molecule has 0 spiro atoms. The first-order valence-corrected chi connectivity index (χ1v) is 5.49. The number of imidazole rings is 1. The Balaban J connectivity index is 2.26. The Hall–Kier alpha value is -1.36. The molecule has 2 rings (SSSR count). The van der Waals surface area contributed by atoms with Gasteiger partial charge in [0.15, 0.2) is 0 Å². The van der Waals surface area contributed by atoms with Crippen molar-refractivity contribution in [2.45, 2.75) is 32.4 Å². The maximum Gasteiger partial charge on any atom is 0.323 e. The summed E-state index contributed by atoms with van der Waals surface area (Å²) >= 11 is 0. The van der Waals surface area contributed by atoms with Crippen LogP contribution in [0.4, 0.5) is 0 Å². The lowest BCUT2D eigenvalue weighted by molar-refractivity contribution is -0.143. The van der Waals surface area contributed by atoms with Crippen LogP contribution in [-0.2, 0) is 16.0 Å². The molecule has 2 atom stereocenters. The molecule has 0 saturated heterocycles. The Labute approximate surface area is 94.6 Å². The molecule has 16 heavy (non-hydrogen) atoms. The highest BCUT2D eigenvalue weighted by Gasteiger charge is 2.34. The summed E-state index contributed by atoms with van der Waals surface area (Å²) in [6.45, 7) is 4.21. The van der Waals surface area contributed by atoms with Crippen molar-refractivity contribution in [3.63, 3.8) is 0 Å². The number of methoxy groups -OCH3 is 1. The van der Waals surface area contributed by atoms with E-state index in [1.54, 1.807) is 6.33 Å². The number of nitrogens with zero attached hydrogens (tertiary/aromatic N) is 1. The van der Waals surface area contributed by atoms with Crippen LogP contribution in [0.5, 0.6) is 0 Å². The minimum atomic E-state index is -0.273. The number of carbonyl (C=O) groups excluding carboxylic acids is 1. The van der Waals surface area contributed by atoms with Gasteiger partial charge in [-0.1, -0.05) is 13.8 Å². The molecular formula is C11H17N3O2. The number of esters is 1. The Morgan fingerprint density at radius 1 is 1.62 bits per heavy atom. The molecule has 0 bridgehead atoms. The highest BCUT2D eigenvalue weighted by molar-refractivity contribution is 5.76. The van der Waals surface area contributed by atoms with Crippen molar-refractivity contribution in [2.24, 2.45) is 5.92 Å². The molecule has 0 amide bonds. The van der Waals surface area contributed by atoms with Gasteiger partial charge < -0.3 is 9.72 Å². The molecule has 2 N–H and O–H groups in total. The van der Waals surface area contributed by atoms with Gasteiger partial charge >= 0.3 is 5.97 Å². The lowest BCUT2D eigenvalue weighted by atomic mass is 9.92. The zero-order chi connectivity index (χ0) is 11.7. The van der Waals surface area contributed by atoms with E-state index in [1.165, 1.54) is 7.11 Å². The van der Waals surface area contributed by atoms with E-state index < -0.39 is 0 Å². The summed E-state index contributed by atoms with van der Waals surface area (Å²) in [6, 6.07) is -0.163. The molecule has 1 aromatic heterocycles. The molecule has 5 nitrogen and oxygen atoms in total. The second kappa shape index (κ2) is 4.25. The second-order valence-electron chi connectivity index (χ2n) is 4.43. The largest absolute Gasteiger partial charge is 0.468 e. The van der Waals surface area contributed by atoms with Crippen LogP contribution in [0.3, 0.4) is 0 Å². The number of rotatable bonds is 2. The first-order chi connectivity index (χ1) is 7.63. The van der Waals surface area contributed by atoms with Crippen LogP contribution in [0.2, 0.25) is 0 Å². The molecule has 2 heterocycles. The Kier molecular flexibility index (Phi) is 2.96. The van der Waals surface area contributed by atoms with E-state index in [0.29, 0.717) is 12.3 Å². The minimum absolute atomic E-state index is 0.110. The average molecular weight is 223 g/mol. The van der Waals surface area contributed by atoms with E-state index in [1.807, 2.05) is 0 Å². The van der Waals surface area contributed by atoms with E-state index in [0.717, 1.165) is 11.4 Å². The average Bonchev–Trinajstić information content (AvgIpc) is 2.74. The molecule has 0 fully saturated rings. The number of aromatic amines is 1. The molecule has 1 aliphatic rings. The van der Waals surface area contributed by atoms with Gasteiger partial charge in [0.25, 0.3) is 0 Å². The van der Waals surface area contributed by atoms with Crippen molar-refractivity contribution in [1.82, 2.24) is 15.3 Å². The molecule has 1 aromatic rings. The van der Waals surface area contributed by atoms with Gasteiger partial charge in [0, 0.05) is 12.1 Å². The third-order valence-electron chi connectivity index (χ3n) is 2.99. The number of H-pyrrole nitrogens is 1. The Morgan fingerprint density at radius 2 is 2.38 bits per heavy atom. The van der Waals surface area contributed by atoms with Crippen molar-refractivity contribution in [3.8, 4) is 0 Å². The van der Waals surface area contributed by atoms with Gasteiger partial charge in [0.1, 0.15) is 6.04 Å². The summed E-state index contributed by atoms with van der Waals surface area (Å²) in [6.07, 6.45) is 2.30. The van der Waals surface area contributed by atoms with Crippen molar-refractivity contribution < 1.29 is 9.53 Å². The molecular weight excluding hydrogens is 206 g/mol. The first kappa shape index (κ1) is 11.1. The second-order valence-corrected chi connectivity index (χ2v) is 4.43. The van der Waals surface area contributed by atoms with E-state index >= 15 is 0 Å². The minimum Gasteiger partial charge on any atom is -0.468 e. The highest BCUT2D eigenvalue weighted by atomic mass is 16.5. The Morgan fingerprint density at radius 3 is 3.00 bits per heavy atom. The number of carbonyl (C=O) groups is 1. The molecule has 1 aliphatic heterocycles. The van der Waals surface area contributed by atoms with Crippen LogP contribution in [0.1, 0.15) is 31.3 Å². The molecule has 1 unspecified atom stereocenters. The quantitative estimate of drug-likeness (QED) is 0.728. The topological polar surface area (TPSA) is 67.0 Å². The Bertz CT molecular complexity index is 386. The van der Waals surface area contributed by atoms with Crippen LogP contribution in [0.15, 0.2) is 6.33 Å². The number of ether oxygens (including phenoxy) is 1. The fourth-order valence-corrected chi connectivity index (χ4v) is 2.12. The predicted molar refractivity (Wildman–Crippen MR) is 58.8 cm³/mol. The van der Waals surface area contributed by atoms with Crippen molar-refractivity contribution >= 4 is 5.97 Å². The number of fused-ring (bicyclic) bond motifs is 1. The highest BCUT2D eigenvalue weighted by Crippen LogP contribution is 2.28. The number of aromatic nitrogens is 2. The van der Waals surface area contributed by atoms with Crippen molar-refractivity contribution in [1.29, 1.82) is 0 Å². The third-order valence-corrected chi connectivity index (χ3v) is 2.99. The first-order valence-electron chi connectivity index (χ1n) is 5.49. The molecule has 0 aromatic carbocycles. The summed E-state index contributed by atoms with van der Waals surface area (Å²) < 4.78 is 4.77. The normalized spacial score (nSPS) is 24.2. The fraction of sp³-hybridized carbons (Fsp3) is 0.636. The summed E-state index contributed by atoms with van der Waals surface area (Å²) in [5.74, 6) is 0.167. The van der Waals surface area contributed by atoms with Crippen LogP contribution in [0.25, 0.3) is 0 Å². The molecule has 0 radical (unpaired) electrons. The summed E-state index contributed by atoms with van der Waals surface area (Å²) in [7, 11) is 1.41. The van der Waals surface area contributed by atoms with Gasteiger partial charge in [-0.2, -0.15) is 0 Å². The predicted octanol–water partition coefficient (Wildman–Crippen LogP) is 0.794.